The third-order valence-electron chi connectivity index (χ3n) is 4.75. The van der Waals surface area contributed by atoms with Gasteiger partial charge in [-0.15, -0.1) is 0 Å². The van der Waals surface area contributed by atoms with Gasteiger partial charge in [-0.3, -0.25) is 13.9 Å². The highest BCUT2D eigenvalue weighted by molar-refractivity contribution is 14.1. The summed E-state index contributed by atoms with van der Waals surface area (Å²) >= 11 is 5.55. The molecule has 0 heterocycles. The van der Waals surface area contributed by atoms with Gasteiger partial charge in [0, 0.05) is 21.1 Å². The molecule has 0 aliphatic heterocycles. The Morgan fingerprint density at radius 1 is 1.16 bits per heavy atom. The lowest BCUT2D eigenvalue weighted by Gasteiger charge is -2.31. The second-order valence-corrected chi connectivity index (χ2v) is 11.4. The summed E-state index contributed by atoms with van der Waals surface area (Å²) in [7, 11) is -3.72. The molecule has 0 unspecified atom stereocenters. The van der Waals surface area contributed by atoms with Gasteiger partial charge in [-0.25, -0.2) is 8.42 Å². The van der Waals surface area contributed by atoms with Crippen molar-refractivity contribution < 1.29 is 18.0 Å². The van der Waals surface area contributed by atoms with E-state index in [1.54, 1.807) is 31.2 Å². The molecule has 2 amide bonds. The molecule has 7 nitrogen and oxygen atoms in total. The maximum Gasteiger partial charge on any atom is 0.244 e. The molecule has 0 radical (unpaired) electrons. The van der Waals surface area contributed by atoms with Crippen molar-refractivity contribution in [1.82, 2.24) is 10.2 Å². The maximum atomic E-state index is 13.4. The number of nitrogens with zero attached hydrogens (tertiary/aromatic N) is 2. The first-order chi connectivity index (χ1) is 15.0. The average molecular weight is 636 g/mol. The van der Waals surface area contributed by atoms with Crippen LogP contribution in [0, 0.1) is 3.57 Å². The molecular weight excluding hydrogens is 609 g/mol. The van der Waals surface area contributed by atoms with Crippen LogP contribution in [0.1, 0.15) is 25.8 Å². The topological polar surface area (TPSA) is 86.8 Å². The number of rotatable bonds is 10. The van der Waals surface area contributed by atoms with Crippen LogP contribution in [-0.4, -0.2) is 50.5 Å². The normalized spacial score (nSPS) is 12.2. The molecule has 2 aromatic rings. The highest BCUT2D eigenvalue weighted by Gasteiger charge is 2.30. The predicted molar refractivity (Wildman–Crippen MR) is 139 cm³/mol. The zero-order valence-electron chi connectivity index (χ0n) is 18.2. The number of carbonyl (C=O) groups is 2. The lowest BCUT2D eigenvalue weighted by atomic mass is 10.1. The van der Waals surface area contributed by atoms with Gasteiger partial charge in [0.05, 0.1) is 11.9 Å². The van der Waals surface area contributed by atoms with E-state index in [1.165, 1.54) is 4.90 Å². The molecule has 0 fully saturated rings. The minimum atomic E-state index is -3.72. The van der Waals surface area contributed by atoms with Gasteiger partial charge in [0.1, 0.15) is 12.6 Å². The van der Waals surface area contributed by atoms with E-state index in [1.807, 2.05) is 31.2 Å². The van der Waals surface area contributed by atoms with E-state index in [2.05, 4.69) is 43.8 Å². The molecule has 0 bridgehead atoms. The molecule has 2 aromatic carbocycles. The monoisotopic (exact) mass is 635 g/mol. The second kappa shape index (κ2) is 12.0. The third kappa shape index (κ3) is 7.73. The molecule has 0 saturated heterocycles. The van der Waals surface area contributed by atoms with E-state index in [0.717, 1.165) is 30.6 Å². The van der Waals surface area contributed by atoms with Gasteiger partial charge in [-0.05, 0) is 77.9 Å². The van der Waals surface area contributed by atoms with Gasteiger partial charge in [-0.1, -0.05) is 35.0 Å². The van der Waals surface area contributed by atoms with Gasteiger partial charge in [-0.2, -0.15) is 0 Å². The number of hydrogen-bond donors (Lipinski definition) is 1. The van der Waals surface area contributed by atoms with E-state index < -0.39 is 28.5 Å². The zero-order valence-corrected chi connectivity index (χ0v) is 22.8. The highest BCUT2D eigenvalue weighted by atomic mass is 127. The van der Waals surface area contributed by atoms with Crippen molar-refractivity contribution in [3.05, 3.63) is 62.1 Å². The number of carbonyl (C=O) groups excluding carboxylic acids is 2. The summed E-state index contributed by atoms with van der Waals surface area (Å²) in [6.07, 6.45) is 1.83. The summed E-state index contributed by atoms with van der Waals surface area (Å²) in [5.74, 6) is -0.747. The van der Waals surface area contributed by atoms with Crippen LogP contribution in [0.3, 0.4) is 0 Å². The average Bonchev–Trinajstić information content (AvgIpc) is 2.73. The Balaban J connectivity index is 2.35. The number of hydrogen-bond acceptors (Lipinski definition) is 4. The Bertz CT molecular complexity index is 1050. The fraction of sp³-hybridized carbons (Fsp3) is 0.364. The molecule has 174 valence electrons. The SMILES string of the molecule is CCCNC(=O)[C@H](C)N(Cc1cccc(Br)c1)C(=O)CN(c1ccc(I)cc1)S(C)(=O)=O. The number of nitrogens with one attached hydrogen (secondary N) is 1. The molecule has 0 spiro atoms. The van der Waals surface area contributed by atoms with Gasteiger partial charge in [0.2, 0.25) is 21.8 Å². The molecule has 0 aliphatic rings. The van der Waals surface area contributed by atoms with E-state index in [4.69, 9.17) is 0 Å². The zero-order chi connectivity index (χ0) is 23.9. The van der Waals surface area contributed by atoms with Crippen LogP contribution in [0.25, 0.3) is 0 Å². The first kappa shape index (κ1) is 26.6. The Morgan fingerprint density at radius 3 is 2.38 bits per heavy atom. The van der Waals surface area contributed by atoms with E-state index in [-0.39, 0.29) is 12.5 Å². The minimum absolute atomic E-state index is 0.170. The summed E-state index contributed by atoms with van der Waals surface area (Å²) in [6, 6.07) is 13.5. The molecule has 1 atom stereocenters. The van der Waals surface area contributed by atoms with Gasteiger partial charge >= 0.3 is 0 Å². The number of amides is 2. The van der Waals surface area contributed by atoms with Crippen molar-refractivity contribution in [2.45, 2.75) is 32.9 Å². The highest BCUT2D eigenvalue weighted by Crippen LogP contribution is 2.21. The number of halogens is 2. The van der Waals surface area contributed by atoms with E-state index in [0.29, 0.717) is 12.2 Å². The second-order valence-electron chi connectivity index (χ2n) is 7.36. The summed E-state index contributed by atoms with van der Waals surface area (Å²) < 4.78 is 27.8. The van der Waals surface area contributed by atoms with Crippen molar-refractivity contribution in [3.8, 4) is 0 Å². The van der Waals surface area contributed by atoms with Crippen LogP contribution in [0.2, 0.25) is 0 Å². The largest absolute Gasteiger partial charge is 0.354 e. The molecule has 0 aromatic heterocycles. The van der Waals surface area contributed by atoms with E-state index >= 15 is 0 Å². The first-order valence-corrected chi connectivity index (χ1v) is 13.8. The van der Waals surface area contributed by atoms with Crippen molar-refractivity contribution in [2.24, 2.45) is 0 Å². The minimum Gasteiger partial charge on any atom is -0.354 e. The Labute approximate surface area is 211 Å². The lowest BCUT2D eigenvalue weighted by molar-refractivity contribution is -0.139. The fourth-order valence-electron chi connectivity index (χ4n) is 3.03. The van der Waals surface area contributed by atoms with Crippen LogP contribution in [-0.2, 0) is 26.2 Å². The molecule has 2 rings (SSSR count). The Hall–Kier alpha value is -1.66. The molecular formula is C22H27BrIN3O4S. The number of anilines is 1. The molecule has 0 aliphatic carbocycles. The Morgan fingerprint density at radius 2 is 1.81 bits per heavy atom. The van der Waals surface area contributed by atoms with Crippen molar-refractivity contribution in [2.75, 3.05) is 23.7 Å². The first-order valence-electron chi connectivity index (χ1n) is 10.1. The van der Waals surface area contributed by atoms with Gasteiger partial charge < -0.3 is 10.2 Å². The standard InChI is InChI=1S/C22H27BrIN3O4S/c1-4-12-25-22(29)16(2)26(14-17-6-5-7-18(23)13-17)21(28)15-27(32(3,30)31)20-10-8-19(24)9-11-20/h5-11,13,16H,4,12,14-15H2,1-3H3,(H,25,29)/t16-/m0/s1. The maximum absolute atomic E-state index is 13.4. The molecule has 32 heavy (non-hydrogen) atoms. The van der Waals surface area contributed by atoms with E-state index in [9.17, 15) is 18.0 Å². The predicted octanol–water partition coefficient (Wildman–Crippen LogP) is 3.76. The molecule has 1 N–H and O–H groups in total. The van der Waals surface area contributed by atoms with Crippen LogP contribution in [0.15, 0.2) is 53.0 Å². The van der Waals surface area contributed by atoms with Crippen molar-refractivity contribution in [1.29, 1.82) is 0 Å². The van der Waals surface area contributed by atoms with Crippen molar-refractivity contribution in [3.63, 3.8) is 0 Å². The third-order valence-corrected chi connectivity index (χ3v) is 7.11. The van der Waals surface area contributed by atoms with Crippen LogP contribution < -0.4 is 9.62 Å². The summed E-state index contributed by atoms with van der Waals surface area (Å²) in [6.45, 7) is 3.86. The lowest BCUT2D eigenvalue weighted by Crippen LogP contribution is -2.51. The summed E-state index contributed by atoms with van der Waals surface area (Å²) in [4.78, 5) is 27.4. The fourth-order valence-corrected chi connectivity index (χ4v) is 4.69. The van der Waals surface area contributed by atoms with Crippen molar-refractivity contribution >= 4 is 66.0 Å². The molecule has 10 heteroatoms. The quantitative estimate of drug-likeness (QED) is 0.403. The smallest absolute Gasteiger partial charge is 0.244 e. The summed E-state index contributed by atoms with van der Waals surface area (Å²) in [5.41, 5.74) is 1.22. The van der Waals surface area contributed by atoms with Gasteiger partial charge in [0.25, 0.3) is 0 Å². The van der Waals surface area contributed by atoms with Gasteiger partial charge in [0.15, 0.2) is 0 Å². The molecule has 0 saturated carbocycles. The van der Waals surface area contributed by atoms with Crippen LogP contribution in [0.5, 0.6) is 0 Å². The Kier molecular flexibility index (Phi) is 9.96. The van der Waals surface area contributed by atoms with Crippen LogP contribution >= 0.6 is 38.5 Å². The number of benzene rings is 2. The van der Waals surface area contributed by atoms with Crippen LogP contribution in [0.4, 0.5) is 5.69 Å². The summed E-state index contributed by atoms with van der Waals surface area (Å²) in [5, 5.41) is 2.81. The number of sulfonamides is 1.